The first-order chi connectivity index (χ1) is 6.25. The normalized spacial score (nSPS) is 10.5. The number of imidazole rings is 1. The predicted molar refractivity (Wildman–Crippen MR) is 46.5 cm³/mol. The second-order valence-electron chi connectivity index (χ2n) is 2.80. The molecule has 0 fully saturated rings. The van der Waals surface area contributed by atoms with Crippen molar-refractivity contribution >= 4 is 11.6 Å². The van der Waals surface area contributed by atoms with Gasteiger partial charge in [-0.05, 0) is 11.6 Å². The van der Waals surface area contributed by atoms with Crippen molar-refractivity contribution in [3.8, 4) is 0 Å². The first-order valence-corrected chi connectivity index (χ1v) is 3.89. The summed E-state index contributed by atoms with van der Waals surface area (Å²) in [5, 5.41) is 8.56. The molecule has 4 nitrogen and oxygen atoms in total. The first kappa shape index (κ1) is 7.79. The van der Waals surface area contributed by atoms with E-state index < -0.39 is 5.97 Å². The van der Waals surface area contributed by atoms with Crippen LogP contribution in [0.4, 0.5) is 0 Å². The van der Waals surface area contributed by atoms with E-state index in [2.05, 4.69) is 4.98 Å². The van der Waals surface area contributed by atoms with Gasteiger partial charge in [0.15, 0.2) is 0 Å². The van der Waals surface area contributed by atoms with Gasteiger partial charge in [-0.1, -0.05) is 6.07 Å². The standard InChI is InChI=1S/C9H8N2O2/c12-9(13)5-7-1-2-8-10-3-4-11(8)6-7/h1-4,6H,5H2,(H,12,13). The van der Waals surface area contributed by atoms with E-state index in [1.54, 1.807) is 35.1 Å². The van der Waals surface area contributed by atoms with Crippen molar-refractivity contribution in [2.75, 3.05) is 0 Å². The summed E-state index contributed by atoms with van der Waals surface area (Å²) in [7, 11) is 0. The molecule has 13 heavy (non-hydrogen) atoms. The number of pyridine rings is 1. The predicted octanol–water partition coefficient (Wildman–Crippen LogP) is 0.961. The SMILES string of the molecule is O=C(O)Cc1ccc2nccn2c1. The van der Waals surface area contributed by atoms with Crippen LogP contribution in [0.5, 0.6) is 0 Å². The Bertz CT molecular complexity index is 448. The Morgan fingerprint density at radius 1 is 1.54 bits per heavy atom. The van der Waals surface area contributed by atoms with Gasteiger partial charge in [-0.25, -0.2) is 4.98 Å². The Morgan fingerprint density at radius 2 is 2.38 bits per heavy atom. The van der Waals surface area contributed by atoms with Crippen LogP contribution in [0, 0.1) is 0 Å². The Labute approximate surface area is 74.5 Å². The van der Waals surface area contributed by atoms with E-state index in [0.717, 1.165) is 11.2 Å². The molecule has 1 N–H and O–H groups in total. The minimum Gasteiger partial charge on any atom is -0.481 e. The number of hydrogen-bond acceptors (Lipinski definition) is 2. The van der Waals surface area contributed by atoms with E-state index >= 15 is 0 Å². The molecule has 0 spiro atoms. The summed E-state index contributed by atoms with van der Waals surface area (Å²) in [6, 6.07) is 3.58. The van der Waals surface area contributed by atoms with E-state index in [1.165, 1.54) is 0 Å². The summed E-state index contributed by atoms with van der Waals surface area (Å²) in [5.74, 6) is -0.820. The molecule has 4 heteroatoms. The lowest BCUT2D eigenvalue weighted by molar-refractivity contribution is -0.136. The van der Waals surface area contributed by atoms with Gasteiger partial charge in [0.2, 0.25) is 0 Å². The number of aliphatic carboxylic acids is 1. The van der Waals surface area contributed by atoms with E-state index in [0.29, 0.717) is 0 Å². The van der Waals surface area contributed by atoms with Crippen LogP contribution in [0.25, 0.3) is 5.65 Å². The van der Waals surface area contributed by atoms with Gasteiger partial charge in [0, 0.05) is 18.6 Å². The van der Waals surface area contributed by atoms with Crippen LogP contribution in [0.1, 0.15) is 5.56 Å². The highest BCUT2D eigenvalue weighted by molar-refractivity contribution is 5.70. The Balaban J connectivity index is 2.42. The molecule has 2 aromatic rings. The van der Waals surface area contributed by atoms with Crippen LogP contribution in [-0.4, -0.2) is 20.5 Å². The number of hydrogen-bond donors (Lipinski definition) is 1. The molecule has 0 radical (unpaired) electrons. The lowest BCUT2D eigenvalue weighted by Crippen LogP contribution is -2.00. The minimum atomic E-state index is -0.820. The molecule has 0 aromatic carbocycles. The van der Waals surface area contributed by atoms with Crippen molar-refractivity contribution in [2.45, 2.75) is 6.42 Å². The van der Waals surface area contributed by atoms with Crippen LogP contribution in [0.15, 0.2) is 30.7 Å². The third-order valence-electron chi connectivity index (χ3n) is 1.81. The lowest BCUT2D eigenvalue weighted by atomic mass is 10.2. The molecule has 2 heterocycles. The second-order valence-corrected chi connectivity index (χ2v) is 2.80. The summed E-state index contributed by atoms with van der Waals surface area (Å²) in [4.78, 5) is 14.5. The van der Waals surface area contributed by atoms with Gasteiger partial charge in [-0.2, -0.15) is 0 Å². The Morgan fingerprint density at radius 3 is 3.15 bits per heavy atom. The van der Waals surface area contributed by atoms with Crippen LogP contribution in [0.3, 0.4) is 0 Å². The average Bonchev–Trinajstić information content (AvgIpc) is 2.49. The van der Waals surface area contributed by atoms with Gasteiger partial charge < -0.3 is 9.51 Å². The fourth-order valence-corrected chi connectivity index (χ4v) is 1.25. The van der Waals surface area contributed by atoms with Gasteiger partial charge >= 0.3 is 5.97 Å². The molecule has 0 aliphatic heterocycles. The van der Waals surface area contributed by atoms with Crippen molar-refractivity contribution < 1.29 is 9.90 Å². The molecule has 2 rings (SSSR count). The number of aromatic nitrogens is 2. The average molecular weight is 176 g/mol. The zero-order valence-electron chi connectivity index (χ0n) is 6.84. The van der Waals surface area contributed by atoms with Crippen LogP contribution < -0.4 is 0 Å². The summed E-state index contributed by atoms with van der Waals surface area (Å²) in [6.07, 6.45) is 5.30. The van der Waals surface area contributed by atoms with E-state index in [1.807, 2.05) is 0 Å². The molecule has 0 bridgehead atoms. The smallest absolute Gasteiger partial charge is 0.307 e. The molecule has 0 saturated heterocycles. The third kappa shape index (κ3) is 1.51. The number of fused-ring (bicyclic) bond motifs is 1. The van der Waals surface area contributed by atoms with Gasteiger partial charge in [-0.3, -0.25) is 4.79 Å². The van der Waals surface area contributed by atoms with Crippen molar-refractivity contribution in [1.29, 1.82) is 0 Å². The first-order valence-electron chi connectivity index (χ1n) is 3.89. The van der Waals surface area contributed by atoms with Crippen molar-refractivity contribution in [3.05, 3.63) is 36.3 Å². The summed E-state index contributed by atoms with van der Waals surface area (Å²) in [6.45, 7) is 0. The van der Waals surface area contributed by atoms with Gasteiger partial charge in [0.25, 0.3) is 0 Å². The zero-order chi connectivity index (χ0) is 9.26. The molecule has 0 saturated carbocycles. The molecular formula is C9H8N2O2. The number of rotatable bonds is 2. The molecular weight excluding hydrogens is 168 g/mol. The fraction of sp³-hybridized carbons (Fsp3) is 0.111. The molecule has 0 amide bonds. The fourth-order valence-electron chi connectivity index (χ4n) is 1.25. The maximum Gasteiger partial charge on any atom is 0.307 e. The molecule has 2 aromatic heterocycles. The molecule has 66 valence electrons. The third-order valence-corrected chi connectivity index (χ3v) is 1.81. The zero-order valence-corrected chi connectivity index (χ0v) is 6.84. The van der Waals surface area contributed by atoms with Crippen molar-refractivity contribution in [1.82, 2.24) is 9.38 Å². The summed E-state index contributed by atoms with van der Waals surface area (Å²) >= 11 is 0. The number of nitrogens with zero attached hydrogens (tertiary/aromatic N) is 2. The van der Waals surface area contributed by atoms with Crippen molar-refractivity contribution in [3.63, 3.8) is 0 Å². The van der Waals surface area contributed by atoms with Crippen LogP contribution in [0.2, 0.25) is 0 Å². The Kier molecular flexibility index (Phi) is 1.73. The summed E-state index contributed by atoms with van der Waals surface area (Å²) in [5.41, 5.74) is 1.60. The minimum absolute atomic E-state index is 0.0497. The highest BCUT2D eigenvalue weighted by Gasteiger charge is 2.01. The second kappa shape index (κ2) is 2.90. The maximum absolute atomic E-state index is 10.4. The molecule has 0 aliphatic carbocycles. The van der Waals surface area contributed by atoms with E-state index in [9.17, 15) is 4.79 Å². The monoisotopic (exact) mass is 176 g/mol. The largest absolute Gasteiger partial charge is 0.481 e. The summed E-state index contributed by atoms with van der Waals surface area (Å²) < 4.78 is 1.80. The highest BCUT2D eigenvalue weighted by atomic mass is 16.4. The van der Waals surface area contributed by atoms with Crippen LogP contribution in [-0.2, 0) is 11.2 Å². The van der Waals surface area contributed by atoms with E-state index in [-0.39, 0.29) is 6.42 Å². The van der Waals surface area contributed by atoms with Gasteiger partial charge in [0.05, 0.1) is 6.42 Å². The number of carbonyl (C=O) groups is 1. The molecule has 0 atom stereocenters. The molecule has 0 unspecified atom stereocenters. The van der Waals surface area contributed by atoms with Crippen LogP contribution >= 0.6 is 0 Å². The highest BCUT2D eigenvalue weighted by Crippen LogP contribution is 2.05. The lowest BCUT2D eigenvalue weighted by Gasteiger charge is -1.97. The number of carboxylic acids is 1. The van der Waals surface area contributed by atoms with Crippen molar-refractivity contribution in [2.24, 2.45) is 0 Å². The van der Waals surface area contributed by atoms with Gasteiger partial charge in [0.1, 0.15) is 5.65 Å². The number of carboxylic acid groups (broad SMARTS) is 1. The van der Waals surface area contributed by atoms with Gasteiger partial charge in [-0.15, -0.1) is 0 Å². The molecule has 0 aliphatic rings. The Hall–Kier alpha value is -1.84. The topological polar surface area (TPSA) is 54.6 Å². The maximum atomic E-state index is 10.4. The quantitative estimate of drug-likeness (QED) is 0.741. The van der Waals surface area contributed by atoms with E-state index in [4.69, 9.17) is 5.11 Å².